The van der Waals surface area contributed by atoms with E-state index in [1.807, 2.05) is 12.1 Å². The summed E-state index contributed by atoms with van der Waals surface area (Å²) in [6, 6.07) is 5.44. The molecule has 1 aromatic rings. The molecule has 1 aliphatic heterocycles. The molecule has 0 radical (unpaired) electrons. The van der Waals surface area contributed by atoms with Crippen molar-refractivity contribution < 1.29 is 24.5 Å². The van der Waals surface area contributed by atoms with Gasteiger partial charge in [0.2, 0.25) is 5.91 Å². The predicted molar refractivity (Wildman–Crippen MR) is 104 cm³/mol. The van der Waals surface area contributed by atoms with Gasteiger partial charge < -0.3 is 25.0 Å². The summed E-state index contributed by atoms with van der Waals surface area (Å²) < 4.78 is 11.4. The summed E-state index contributed by atoms with van der Waals surface area (Å²) in [6.07, 6.45) is 2.98. The summed E-state index contributed by atoms with van der Waals surface area (Å²) in [5.41, 5.74) is 0.774. The highest BCUT2D eigenvalue weighted by Crippen LogP contribution is 2.70. The van der Waals surface area contributed by atoms with E-state index in [9.17, 15) is 9.90 Å². The molecule has 1 aromatic carbocycles. The monoisotopic (exact) mass is 389 g/mol. The van der Waals surface area contributed by atoms with Gasteiger partial charge in [-0.1, -0.05) is 13.8 Å². The van der Waals surface area contributed by atoms with E-state index in [4.69, 9.17) is 14.6 Å². The number of nitrogens with one attached hydrogen (secondary N) is 1. The molecule has 3 aliphatic rings. The van der Waals surface area contributed by atoms with Crippen LogP contribution in [-0.2, 0) is 9.53 Å². The molecule has 2 aliphatic carbocycles. The van der Waals surface area contributed by atoms with Gasteiger partial charge in [-0.2, -0.15) is 0 Å². The molecule has 4 rings (SSSR count). The van der Waals surface area contributed by atoms with Gasteiger partial charge in [-0.05, 0) is 54.1 Å². The van der Waals surface area contributed by atoms with Crippen molar-refractivity contribution in [2.45, 2.75) is 51.7 Å². The zero-order valence-electron chi connectivity index (χ0n) is 16.9. The Morgan fingerprint density at radius 2 is 2.18 bits per heavy atom. The summed E-state index contributed by atoms with van der Waals surface area (Å²) in [5, 5.41) is 23.0. The predicted octanol–water partition coefficient (Wildman–Crippen LogP) is 2.78. The van der Waals surface area contributed by atoms with Gasteiger partial charge in [0.15, 0.2) is 0 Å². The standard InChI is InChI=1S/C22H31NO5/c1-21(2)13-10-16-19(15-5-4-14(27-3)11-17(15)25)28-9-7-22(16,12-13)20(21)23-18(26)6-8-24/h4-5,11,13,16,19-20,24-25H,6-10,12H2,1-3H3,(H,23,26)/t13-,16-,19-,20+,22-/m1/s1. The van der Waals surface area contributed by atoms with Crippen molar-refractivity contribution in [1.29, 1.82) is 0 Å². The molecule has 28 heavy (non-hydrogen) atoms. The summed E-state index contributed by atoms with van der Waals surface area (Å²) in [5.74, 6) is 1.48. The maximum atomic E-state index is 12.4. The van der Waals surface area contributed by atoms with Crippen LogP contribution in [0.3, 0.4) is 0 Å². The summed E-state index contributed by atoms with van der Waals surface area (Å²) in [4.78, 5) is 12.4. The van der Waals surface area contributed by atoms with Crippen molar-refractivity contribution in [2.75, 3.05) is 20.3 Å². The minimum Gasteiger partial charge on any atom is -0.507 e. The van der Waals surface area contributed by atoms with Gasteiger partial charge in [-0.25, -0.2) is 0 Å². The largest absolute Gasteiger partial charge is 0.507 e. The van der Waals surface area contributed by atoms with E-state index in [1.54, 1.807) is 13.2 Å². The molecule has 5 atom stereocenters. The number of hydrogen-bond donors (Lipinski definition) is 3. The molecular formula is C22H31NO5. The van der Waals surface area contributed by atoms with Crippen LogP contribution in [0, 0.1) is 22.7 Å². The van der Waals surface area contributed by atoms with Crippen molar-refractivity contribution in [2.24, 2.45) is 22.7 Å². The first kappa shape index (κ1) is 19.5. The molecule has 2 saturated carbocycles. The maximum Gasteiger partial charge on any atom is 0.222 e. The van der Waals surface area contributed by atoms with Crippen LogP contribution < -0.4 is 10.1 Å². The molecule has 1 heterocycles. The highest BCUT2D eigenvalue weighted by atomic mass is 16.5. The summed E-state index contributed by atoms with van der Waals surface area (Å²) in [7, 11) is 1.58. The first-order valence-electron chi connectivity index (χ1n) is 10.2. The molecule has 3 fully saturated rings. The highest BCUT2D eigenvalue weighted by Gasteiger charge is 2.68. The van der Waals surface area contributed by atoms with Crippen LogP contribution in [0.2, 0.25) is 0 Å². The Morgan fingerprint density at radius 1 is 1.39 bits per heavy atom. The molecule has 1 saturated heterocycles. The number of aliphatic hydroxyl groups is 1. The molecule has 1 spiro atoms. The smallest absolute Gasteiger partial charge is 0.222 e. The topological polar surface area (TPSA) is 88.0 Å². The number of phenolic OH excluding ortho intramolecular Hbond substituents is 1. The van der Waals surface area contributed by atoms with E-state index in [0.29, 0.717) is 18.3 Å². The van der Waals surface area contributed by atoms with E-state index in [0.717, 1.165) is 24.8 Å². The minimum atomic E-state index is -0.182. The third kappa shape index (κ3) is 2.80. The summed E-state index contributed by atoms with van der Waals surface area (Å²) >= 11 is 0. The fourth-order valence-electron chi connectivity index (χ4n) is 6.32. The lowest BCUT2D eigenvalue weighted by Gasteiger charge is -2.53. The van der Waals surface area contributed by atoms with Gasteiger partial charge in [-0.15, -0.1) is 0 Å². The van der Waals surface area contributed by atoms with E-state index >= 15 is 0 Å². The van der Waals surface area contributed by atoms with Crippen LogP contribution in [0.5, 0.6) is 11.5 Å². The first-order chi connectivity index (χ1) is 13.3. The maximum absolute atomic E-state index is 12.4. The second-order valence-corrected chi connectivity index (χ2v) is 9.24. The van der Waals surface area contributed by atoms with Crippen molar-refractivity contribution in [3.63, 3.8) is 0 Å². The van der Waals surface area contributed by atoms with Crippen LogP contribution in [0.15, 0.2) is 18.2 Å². The van der Waals surface area contributed by atoms with Crippen LogP contribution in [0.4, 0.5) is 0 Å². The Balaban J connectivity index is 1.67. The van der Waals surface area contributed by atoms with Crippen LogP contribution in [0.25, 0.3) is 0 Å². The molecule has 154 valence electrons. The number of amides is 1. The third-order valence-electron chi connectivity index (χ3n) is 7.69. The molecule has 6 heteroatoms. The van der Waals surface area contributed by atoms with Gasteiger partial charge in [0.05, 0.1) is 19.8 Å². The third-order valence-corrected chi connectivity index (χ3v) is 7.69. The molecule has 2 bridgehead atoms. The molecule has 1 amide bonds. The lowest BCUT2D eigenvalue weighted by molar-refractivity contribution is -0.138. The number of ether oxygens (including phenoxy) is 2. The second-order valence-electron chi connectivity index (χ2n) is 9.24. The molecule has 0 unspecified atom stereocenters. The minimum absolute atomic E-state index is 0.00542. The van der Waals surface area contributed by atoms with Crippen molar-refractivity contribution in [1.82, 2.24) is 5.32 Å². The molecule has 6 nitrogen and oxygen atoms in total. The fourth-order valence-corrected chi connectivity index (χ4v) is 6.32. The highest BCUT2D eigenvalue weighted by molar-refractivity contribution is 5.76. The van der Waals surface area contributed by atoms with Crippen molar-refractivity contribution in [3.8, 4) is 11.5 Å². The number of carbonyl (C=O) groups excluding carboxylic acids is 1. The van der Waals surface area contributed by atoms with Gasteiger partial charge in [-0.3, -0.25) is 4.79 Å². The second kappa shape index (κ2) is 6.92. The van der Waals surface area contributed by atoms with E-state index in [1.165, 1.54) is 0 Å². The average molecular weight is 389 g/mol. The van der Waals surface area contributed by atoms with Crippen molar-refractivity contribution >= 4 is 5.91 Å². The Labute approximate surface area is 166 Å². The quantitative estimate of drug-likeness (QED) is 0.721. The number of aromatic hydroxyl groups is 1. The van der Waals surface area contributed by atoms with Crippen LogP contribution >= 0.6 is 0 Å². The number of fused-ring (bicyclic) bond motifs is 1. The number of benzene rings is 1. The van der Waals surface area contributed by atoms with Gasteiger partial charge in [0.1, 0.15) is 11.5 Å². The lowest BCUT2D eigenvalue weighted by Crippen LogP contribution is -2.59. The summed E-state index contributed by atoms with van der Waals surface area (Å²) in [6.45, 7) is 4.98. The Morgan fingerprint density at radius 3 is 2.86 bits per heavy atom. The van der Waals surface area contributed by atoms with Crippen LogP contribution in [0.1, 0.15) is 51.2 Å². The van der Waals surface area contributed by atoms with E-state index in [2.05, 4.69) is 19.2 Å². The van der Waals surface area contributed by atoms with E-state index < -0.39 is 0 Å². The Hall–Kier alpha value is -1.79. The normalized spacial score (nSPS) is 35.4. The fraction of sp³-hybridized carbons (Fsp3) is 0.682. The zero-order chi connectivity index (χ0) is 20.1. The van der Waals surface area contributed by atoms with Gasteiger partial charge in [0.25, 0.3) is 0 Å². The number of hydrogen-bond acceptors (Lipinski definition) is 5. The lowest BCUT2D eigenvalue weighted by atomic mass is 9.58. The molecule has 0 aromatic heterocycles. The van der Waals surface area contributed by atoms with E-state index in [-0.39, 0.29) is 53.6 Å². The molecule has 3 N–H and O–H groups in total. The number of phenols is 1. The Kier molecular flexibility index (Phi) is 4.82. The van der Waals surface area contributed by atoms with Crippen LogP contribution in [-0.4, -0.2) is 42.5 Å². The molecular weight excluding hydrogens is 358 g/mol. The number of carbonyl (C=O) groups is 1. The SMILES string of the molecule is COc1ccc([C@H]2OCC[C@@]34C[C@@H](C[C@H]23)C(C)(C)[C@@H]4NC(=O)CCO)c(O)c1. The number of aliphatic hydroxyl groups excluding tert-OH is 1. The number of rotatable bonds is 5. The van der Waals surface area contributed by atoms with Gasteiger partial charge in [0, 0.05) is 30.7 Å². The Bertz CT molecular complexity index is 763. The zero-order valence-corrected chi connectivity index (χ0v) is 16.9. The van der Waals surface area contributed by atoms with Gasteiger partial charge >= 0.3 is 0 Å². The average Bonchev–Trinajstić information content (AvgIpc) is 3.15. The number of methoxy groups -OCH3 is 1. The first-order valence-corrected chi connectivity index (χ1v) is 10.2. The van der Waals surface area contributed by atoms with Crippen molar-refractivity contribution in [3.05, 3.63) is 23.8 Å².